The molecular weight excluding hydrogens is 433 g/mol. The summed E-state index contributed by atoms with van der Waals surface area (Å²) in [6, 6.07) is 22.6. The molecule has 0 unspecified atom stereocenters. The Morgan fingerprint density at radius 2 is 1.74 bits per heavy atom. The first-order chi connectivity index (χ1) is 16.5. The number of nitrogens with zero attached hydrogens (tertiary/aromatic N) is 2. The number of amides is 3. The summed E-state index contributed by atoms with van der Waals surface area (Å²) in [5.41, 5.74) is 3.87. The first-order valence-corrected chi connectivity index (χ1v) is 11.1. The van der Waals surface area contributed by atoms with E-state index in [2.05, 4.69) is 5.32 Å². The third-order valence-electron chi connectivity index (χ3n) is 6.16. The van der Waals surface area contributed by atoms with Crippen molar-refractivity contribution < 1.29 is 18.7 Å². The van der Waals surface area contributed by atoms with Gasteiger partial charge in [0.15, 0.2) is 0 Å². The third-order valence-corrected chi connectivity index (χ3v) is 6.16. The molecule has 34 heavy (non-hydrogen) atoms. The van der Waals surface area contributed by atoms with Crippen LogP contribution in [0, 0.1) is 5.82 Å². The van der Waals surface area contributed by atoms with Crippen LogP contribution in [0.25, 0.3) is 0 Å². The van der Waals surface area contributed by atoms with Crippen molar-refractivity contribution >= 4 is 11.9 Å². The summed E-state index contributed by atoms with van der Waals surface area (Å²) in [6.07, 6.45) is 0. The van der Waals surface area contributed by atoms with Crippen molar-refractivity contribution in [2.45, 2.75) is 19.2 Å². The highest BCUT2D eigenvalue weighted by Gasteiger charge is 2.42. The van der Waals surface area contributed by atoms with Crippen LogP contribution in [0.2, 0.25) is 0 Å². The Bertz CT molecular complexity index is 1260. The second kappa shape index (κ2) is 9.02. The highest BCUT2D eigenvalue weighted by molar-refractivity contribution is 6.01. The molecule has 2 aliphatic rings. The lowest BCUT2D eigenvalue weighted by atomic mass is 9.95. The molecule has 0 aromatic heterocycles. The quantitative estimate of drug-likeness (QED) is 0.597. The topological polar surface area (TPSA) is 61.9 Å². The summed E-state index contributed by atoms with van der Waals surface area (Å²) in [4.78, 5) is 29.3. The summed E-state index contributed by atoms with van der Waals surface area (Å²) >= 11 is 0. The SMILES string of the molecule is CN1C(=O)N[C@@H](c2cccc(OCc3ccccc3)c2)C2=C1CN(Cc1ccc(F)cc1)C2=O. The minimum absolute atomic E-state index is 0.146. The summed E-state index contributed by atoms with van der Waals surface area (Å²) < 4.78 is 19.2. The number of ether oxygens (including phenoxy) is 1. The first-order valence-electron chi connectivity index (χ1n) is 11.1. The first kappa shape index (κ1) is 21.7. The van der Waals surface area contributed by atoms with Gasteiger partial charge < -0.3 is 15.0 Å². The van der Waals surface area contributed by atoms with Crippen LogP contribution in [0.15, 0.2) is 90.1 Å². The number of hydrogen-bond donors (Lipinski definition) is 1. The molecule has 172 valence electrons. The zero-order valence-electron chi connectivity index (χ0n) is 18.7. The molecule has 0 radical (unpaired) electrons. The molecule has 1 atom stereocenters. The third kappa shape index (κ3) is 4.24. The number of nitrogens with one attached hydrogen (secondary N) is 1. The highest BCUT2D eigenvalue weighted by Crippen LogP contribution is 2.37. The normalized spacial score (nSPS) is 17.6. The Balaban J connectivity index is 1.39. The van der Waals surface area contributed by atoms with Gasteiger partial charge in [0.2, 0.25) is 0 Å². The van der Waals surface area contributed by atoms with E-state index in [1.807, 2.05) is 54.6 Å². The highest BCUT2D eigenvalue weighted by atomic mass is 19.1. The summed E-state index contributed by atoms with van der Waals surface area (Å²) in [6.45, 7) is 1.07. The van der Waals surface area contributed by atoms with Crippen LogP contribution in [0.3, 0.4) is 0 Å². The second-order valence-electron chi connectivity index (χ2n) is 8.44. The van der Waals surface area contributed by atoms with E-state index in [0.29, 0.717) is 36.7 Å². The lowest BCUT2D eigenvalue weighted by Crippen LogP contribution is -2.45. The Morgan fingerprint density at radius 3 is 2.50 bits per heavy atom. The van der Waals surface area contributed by atoms with Crippen molar-refractivity contribution in [2.75, 3.05) is 13.6 Å². The average molecular weight is 458 g/mol. The minimum atomic E-state index is -0.579. The van der Waals surface area contributed by atoms with Gasteiger partial charge in [-0.25, -0.2) is 9.18 Å². The lowest BCUT2D eigenvalue weighted by Gasteiger charge is -2.31. The van der Waals surface area contributed by atoms with Crippen molar-refractivity contribution in [1.82, 2.24) is 15.1 Å². The monoisotopic (exact) mass is 457 g/mol. The summed E-state index contributed by atoms with van der Waals surface area (Å²) in [7, 11) is 1.66. The van der Waals surface area contributed by atoms with E-state index in [-0.39, 0.29) is 17.8 Å². The van der Waals surface area contributed by atoms with E-state index in [1.165, 1.54) is 17.0 Å². The Kier molecular flexibility index (Phi) is 5.76. The van der Waals surface area contributed by atoms with Gasteiger partial charge in [0, 0.05) is 13.6 Å². The Morgan fingerprint density at radius 1 is 0.971 bits per heavy atom. The van der Waals surface area contributed by atoms with Crippen molar-refractivity contribution in [3.63, 3.8) is 0 Å². The molecule has 7 heteroatoms. The van der Waals surface area contributed by atoms with Gasteiger partial charge in [-0.2, -0.15) is 0 Å². The zero-order chi connectivity index (χ0) is 23.7. The smallest absolute Gasteiger partial charge is 0.322 e. The number of benzene rings is 3. The van der Waals surface area contributed by atoms with E-state index in [4.69, 9.17) is 4.74 Å². The Labute approximate surface area is 197 Å². The minimum Gasteiger partial charge on any atom is -0.489 e. The summed E-state index contributed by atoms with van der Waals surface area (Å²) in [5.74, 6) is 0.190. The van der Waals surface area contributed by atoms with Crippen LogP contribution in [0.1, 0.15) is 22.7 Å². The van der Waals surface area contributed by atoms with E-state index in [1.54, 1.807) is 24.1 Å². The maximum absolute atomic E-state index is 13.4. The number of likely N-dealkylation sites (N-methyl/N-ethyl adjacent to an activating group) is 1. The van der Waals surface area contributed by atoms with Crippen molar-refractivity contribution in [3.8, 4) is 5.75 Å². The number of halogens is 1. The number of rotatable bonds is 6. The predicted molar refractivity (Wildman–Crippen MR) is 125 cm³/mol. The van der Waals surface area contributed by atoms with E-state index < -0.39 is 6.04 Å². The van der Waals surface area contributed by atoms with Crippen molar-refractivity contribution in [2.24, 2.45) is 0 Å². The molecule has 5 rings (SSSR count). The molecule has 0 aliphatic carbocycles. The fourth-order valence-corrected chi connectivity index (χ4v) is 4.34. The van der Waals surface area contributed by atoms with Gasteiger partial charge >= 0.3 is 6.03 Å². The van der Waals surface area contributed by atoms with Crippen LogP contribution >= 0.6 is 0 Å². The van der Waals surface area contributed by atoms with Gasteiger partial charge in [0.1, 0.15) is 18.2 Å². The van der Waals surface area contributed by atoms with Crippen LogP contribution in [-0.4, -0.2) is 35.3 Å². The second-order valence-corrected chi connectivity index (χ2v) is 8.44. The van der Waals surface area contributed by atoms with Crippen LogP contribution in [0.5, 0.6) is 5.75 Å². The molecule has 1 N–H and O–H groups in total. The molecule has 6 nitrogen and oxygen atoms in total. The molecule has 0 saturated heterocycles. The molecule has 3 amide bonds. The average Bonchev–Trinajstić information content (AvgIpc) is 3.18. The van der Waals surface area contributed by atoms with Crippen molar-refractivity contribution in [3.05, 3.63) is 113 Å². The van der Waals surface area contributed by atoms with E-state index >= 15 is 0 Å². The fourth-order valence-electron chi connectivity index (χ4n) is 4.34. The molecule has 0 fully saturated rings. The van der Waals surface area contributed by atoms with Gasteiger partial charge in [-0.15, -0.1) is 0 Å². The standard InChI is InChI=1S/C27H24FN3O3/c1-30-23-16-31(15-18-10-12-21(28)13-11-18)26(32)24(23)25(29-27(30)33)20-8-5-9-22(14-20)34-17-19-6-3-2-4-7-19/h2-14,25H,15-17H2,1H3,(H,29,33)/t25-/m0/s1. The Hall–Kier alpha value is -4.13. The number of urea groups is 1. The van der Waals surface area contributed by atoms with Gasteiger partial charge in [-0.1, -0.05) is 54.6 Å². The molecule has 3 aromatic rings. The molecule has 3 aromatic carbocycles. The van der Waals surface area contributed by atoms with E-state index in [9.17, 15) is 14.0 Å². The fraction of sp³-hybridized carbons (Fsp3) is 0.185. The van der Waals surface area contributed by atoms with Gasteiger partial charge in [0.05, 0.1) is 23.9 Å². The lowest BCUT2D eigenvalue weighted by molar-refractivity contribution is -0.126. The van der Waals surface area contributed by atoms with Crippen LogP contribution < -0.4 is 10.1 Å². The van der Waals surface area contributed by atoms with Gasteiger partial charge in [0.25, 0.3) is 5.91 Å². The van der Waals surface area contributed by atoms with Crippen molar-refractivity contribution in [1.29, 1.82) is 0 Å². The molecule has 0 spiro atoms. The van der Waals surface area contributed by atoms with Gasteiger partial charge in [-0.05, 0) is 41.0 Å². The predicted octanol–water partition coefficient (Wildman–Crippen LogP) is 4.40. The maximum Gasteiger partial charge on any atom is 0.322 e. The number of carbonyl (C=O) groups excluding carboxylic acids is 2. The van der Waals surface area contributed by atoms with Crippen LogP contribution in [-0.2, 0) is 17.9 Å². The number of carbonyl (C=O) groups is 2. The molecule has 0 bridgehead atoms. The number of hydrogen-bond acceptors (Lipinski definition) is 3. The summed E-state index contributed by atoms with van der Waals surface area (Å²) in [5, 5.41) is 2.95. The van der Waals surface area contributed by atoms with Crippen LogP contribution in [0.4, 0.5) is 9.18 Å². The van der Waals surface area contributed by atoms with E-state index in [0.717, 1.165) is 16.7 Å². The maximum atomic E-state index is 13.4. The zero-order valence-corrected chi connectivity index (χ0v) is 18.7. The molecular formula is C27H24FN3O3. The molecule has 0 saturated carbocycles. The van der Waals surface area contributed by atoms with Gasteiger partial charge in [-0.3, -0.25) is 9.69 Å². The molecule has 2 aliphatic heterocycles. The largest absolute Gasteiger partial charge is 0.489 e. The molecule has 2 heterocycles.